The number of ether oxygens (including phenoxy) is 1. The van der Waals surface area contributed by atoms with Crippen molar-refractivity contribution in [3.63, 3.8) is 0 Å². The zero-order valence-electron chi connectivity index (χ0n) is 23.2. The molecule has 2 N–H and O–H groups in total. The summed E-state index contributed by atoms with van der Waals surface area (Å²) in [6.07, 6.45) is 3.50. The number of aliphatic imine (C=N–C) groups is 1. The molecule has 7 nitrogen and oxygen atoms in total. The Morgan fingerprint density at radius 2 is 1.73 bits per heavy atom. The largest absolute Gasteiger partial charge is 0.390 e. The first-order valence-electron chi connectivity index (χ1n) is 14.3. The van der Waals surface area contributed by atoms with E-state index >= 15 is 0 Å². The summed E-state index contributed by atoms with van der Waals surface area (Å²) in [4.78, 5) is 33.8. The normalized spacial score (nSPS) is 19.1. The number of carbonyl (C=O) groups excluding carboxylic acids is 2. The molecule has 0 aromatic heterocycles. The van der Waals surface area contributed by atoms with Gasteiger partial charge in [-0.2, -0.15) is 0 Å². The smallest absolute Gasteiger partial charge is 0.272 e. The maximum absolute atomic E-state index is 13.9. The molecular weight excluding hydrogens is 538 g/mol. The molecule has 5 rings (SSSR count). The highest BCUT2D eigenvalue weighted by molar-refractivity contribution is 6.32. The minimum Gasteiger partial charge on any atom is -0.390 e. The van der Waals surface area contributed by atoms with Crippen molar-refractivity contribution in [1.29, 1.82) is 0 Å². The van der Waals surface area contributed by atoms with Crippen LogP contribution in [0.3, 0.4) is 0 Å². The summed E-state index contributed by atoms with van der Waals surface area (Å²) in [5, 5.41) is 14.6. The first-order valence-corrected chi connectivity index (χ1v) is 14.6. The second kappa shape index (κ2) is 13.4. The van der Waals surface area contributed by atoms with Crippen LogP contribution in [0.4, 0.5) is 5.69 Å². The van der Waals surface area contributed by atoms with Crippen LogP contribution in [0.5, 0.6) is 0 Å². The molecule has 3 unspecified atom stereocenters. The van der Waals surface area contributed by atoms with Crippen LogP contribution < -0.4 is 10.2 Å². The molecule has 1 fully saturated rings. The first kappa shape index (κ1) is 29.0. The molecule has 1 aliphatic heterocycles. The fraction of sp³-hybridized carbons (Fsp3) is 0.364. The maximum atomic E-state index is 13.9. The number of carbonyl (C=O) groups is 2. The SMILES string of the molecule is CN1C(=O)C(NC(=O)C(Cc2ccccc2)C(O)COC2CCCCC2)N=C(c2ccccc2)c2cc(Cl)ccc21. The number of nitrogens with zero attached hydrogens (tertiary/aromatic N) is 2. The summed E-state index contributed by atoms with van der Waals surface area (Å²) in [5.74, 6) is -1.69. The highest BCUT2D eigenvalue weighted by atomic mass is 35.5. The Kier molecular flexibility index (Phi) is 9.49. The van der Waals surface area contributed by atoms with Gasteiger partial charge >= 0.3 is 0 Å². The molecule has 41 heavy (non-hydrogen) atoms. The van der Waals surface area contributed by atoms with Crippen molar-refractivity contribution in [2.45, 2.75) is 56.9 Å². The lowest BCUT2D eigenvalue weighted by molar-refractivity contribution is -0.134. The van der Waals surface area contributed by atoms with Crippen LogP contribution >= 0.6 is 11.6 Å². The molecule has 2 amide bonds. The topological polar surface area (TPSA) is 91.2 Å². The van der Waals surface area contributed by atoms with Gasteiger partial charge in [0, 0.05) is 23.2 Å². The lowest BCUT2D eigenvalue weighted by Gasteiger charge is -2.28. The Hall–Kier alpha value is -3.52. The molecular formula is C33H36ClN3O4. The van der Waals surface area contributed by atoms with Crippen molar-refractivity contribution in [3.05, 3.63) is 101 Å². The van der Waals surface area contributed by atoms with E-state index in [-0.39, 0.29) is 18.6 Å². The van der Waals surface area contributed by atoms with Gasteiger partial charge in [-0.3, -0.25) is 9.59 Å². The van der Waals surface area contributed by atoms with Gasteiger partial charge in [-0.1, -0.05) is 91.5 Å². The van der Waals surface area contributed by atoms with Crippen molar-refractivity contribution in [2.75, 3.05) is 18.6 Å². The van der Waals surface area contributed by atoms with Crippen LogP contribution in [0.25, 0.3) is 0 Å². The summed E-state index contributed by atoms with van der Waals surface area (Å²) >= 11 is 6.36. The fourth-order valence-electron chi connectivity index (χ4n) is 5.56. The number of amides is 2. The molecule has 8 heteroatoms. The van der Waals surface area contributed by atoms with Crippen molar-refractivity contribution in [1.82, 2.24) is 5.32 Å². The molecule has 0 spiro atoms. The molecule has 1 heterocycles. The van der Waals surface area contributed by atoms with Crippen LogP contribution in [0.15, 0.2) is 83.9 Å². The van der Waals surface area contributed by atoms with E-state index in [0.717, 1.165) is 36.8 Å². The van der Waals surface area contributed by atoms with E-state index < -0.39 is 24.1 Å². The van der Waals surface area contributed by atoms with Crippen molar-refractivity contribution in [2.24, 2.45) is 10.9 Å². The van der Waals surface area contributed by atoms with Gasteiger partial charge in [0.05, 0.1) is 36.1 Å². The van der Waals surface area contributed by atoms with Crippen LogP contribution in [0.1, 0.15) is 48.8 Å². The molecule has 3 atom stereocenters. The van der Waals surface area contributed by atoms with Gasteiger partial charge in [0.1, 0.15) is 0 Å². The number of hydrogen-bond donors (Lipinski definition) is 2. The third-order valence-electron chi connectivity index (χ3n) is 7.88. The molecule has 0 bridgehead atoms. The zero-order chi connectivity index (χ0) is 28.8. The maximum Gasteiger partial charge on any atom is 0.272 e. The number of halogens is 1. The Morgan fingerprint density at radius 3 is 2.44 bits per heavy atom. The molecule has 3 aromatic carbocycles. The van der Waals surface area contributed by atoms with Crippen LogP contribution in [0, 0.1) is 5.92 Å². The predicted molar refractivity (Wildman–Crippen MR) is 161 cm³/mol. The average Bonchev–Trinajstić information content (AvgIpc) is 3.10. The Balaban J connectivity index is 1.43. The minimum absolute atomic E-state index is 0.0522. The highest BCUT2D eigenvalue weighted by Crippen LogP contribution is 2.30. The molecule has 214 valence electrons. The molecule has 1 aliphatic carbocycles. The van der Waals surface area contributed by atoms with E-state index in [2.05, 4.69) is 5.32 Å². The standard InChI is InChI=1S/C33H36ClN3O4/c1-37-28-18-17-24(34)20-26(28)30(23-13-7-3-8-14-23)35-31(33(37)40)36-32(39)27(19-22-11-5-2-6-12-22)29(38)21-41-25-15-9-4-10-16-25/h2-3,5-8,11-14,17-18,20,25,27,29,31,38H,4,9-10,15-16,19,21H2,1H3,(H,36,39). The third-order valence-corrected chi connectivity index (χ3v) is 8.11. The molecule has 0 saturated heterocycles. The summed E-state index contributed by atoms with van der Waals surface area (Å²) < 4.78 is 6.04. The third kappa shape index (κ3) is 7.04. The van der Waals surface area contributed by atoms with Gasteiger partial charge in [0.2, 0.25) is 12.1 Å². The number of rotatable bonds is 9. The number of likely N-dealkylation sites (N-methyl/N-ethyl adjacent to an activating group) is 1. The minimum atomic E-state index is -1.20. The number of fused-ring (bicyclic) bond motifs is 1. The van der Waals surface area contributed by atoms with E-state index in [1.165, 1.54) is 11.3 Å². The number of aliphatic hydroxyl groups excluding tert-OH is 1. The first-order chi connectivity index (χ1) is 19.9. The van der Waals surface area contributed by atoms with E-state index in [4.69, 9.17) is 21.3 Å². The van der Waals surface area contributed by atoms with Crippen LogP contribution in [-0.4, -0.2) is 54.7 Å². The Labute approximate surface area is 246 Å². The van der Waals surface area contributed by atoms with Gasteiger partial charge < -0.3 is 20.1 Å². The van der Waals surface area contributed by atoms with Crippen LogP contribution in [0.2, 0.25) is 5.02 Å². The summed E-state index contributed by atoms with van der Waals surface area (Å²) in [6.45, 7) is 0.0522. The number of hydrogen-bond acceptors (Lipinski definition) is 5. The monoisotopic (exact) mass is 573 g/mol. The molecule has 1 saturated carbocycles. The highest BCUT2D eigenvalue weighted by Gasteiger charge is 2.35. The molecule has 0 radical (unpaired) electrons. The lowest BCUT2D eigenvalue weighted by Crippen LogP contribution is -2.50. The Bertz CT molecular complexity index is 1380. The lowest BCUT2D eigenvalue weighted by atomic mass is 9.92. The summed E-state index contributed by atoms with van der Waals surface area (Å²) in [5.41, 5.74) is 3.58. The van der Waals surface area contributed by atoms with E-state index in [0.29, 0.717) is 28.4 Å². The van der Waals surface area contributed by atoms with E-state index in [1.807, 2.05) is 60.7 Å². The molecule has 2 aliphatic rings. The van der Waals surface area contributed by atoms with Crippen molar-refractivity contribution >= 4 is 34.8 Å². The van der Waals surface area contributed by atoms with Crippen molar-refractivity contribution in [3.8, 4) is 0 Å². The second-order valence-corrected chi connectivity index (χ2v) is 11.2. The predicted octanol–water partition coefficient (Wildman–Crippen LogP) is 5.17. The summed E-state index contributed by atoms with van der Waals surface area (Å²) in [7, 11) is 1.66. The van der Waals surface area contributed by atoms with Gasteiger partial charge in [0.15, 0.2) is 0 Å². The van der Waals surface area contributed by atoms with Crippen LogP contribution in [-0.2, 0) is 20.7 Å². The average molecular weight is 574 g/mol. The quantitative estimate of drug-likeness (QED) is 0.370. The van der Waals surface area contributed by atoms with Gasteiger partial charge in [-0.05, 0) is 43.0 Å². The molecule has 3 aromatic rings. The van der Waals surface area contributed by atoms with Gasteiger partial charge in [-0.25, -0.2) is 4.99 Å². The number of benzodiazepines with no additional fused rings is 1. The zero-order valence-corrected chi connectivity index (χ0v) is 24.0. The fourth-order valence-corrected chi connectivity index (χ4v) is 5.73. The number of anilines is 1. The number of aliphatic hydroxyl groups is 1. The second-order valence-electron chi connectivity index (χ2n) is 10.8. The number of benzene rings is 3. The number of nitrogens with one attached hydrogen (secondary N) is 1. The van der Waals surface area contributed by atoms with E-state index in [1.54, 1.807) is 25.2 Å². The van der Waals surface area contributed by atoms with Crippen molar-refractivity contribution < 1.29 is 19.4 Å². The van der Waals surface area contributed by atoms with E-state index in [9.17, 15) is 14.7 Å². The Morgan fingerprint density at radius 1 is 1.05 bits per heavy atom. The van der Waals surface area contributed by atoms with Gasteiger partial charge in [0.25, 0.3) is 5.91 Å². The van der Waals surface area contributed by atoms with Gasteiger partial charge in [-0.15, -0.1) is 0 Å². The summed E-state index contributed by atoms with van der Waals surface area (Å²) in [6, 6.07) is 24.3.